The predicted octanol–water partition coefficient (Wildman–Crippen LogP) is 4.46. The molecule has 0 aliphatic carbocycles. The van der Waals surface area contributed by atoms with Gasteiger partial charge < -0.3 is 15.1 Å². The zero-order valence-electron chi connectivity index (χ0n) is 17.8. The van der Waals surface area contributed by atoms with E-state index in [1.54, 1.807) is 4.90 Å². The fraction of sp³-hybridized carbons (Fsp3) is 0.636. The van der Waals surface area contributed by atoms with Gasteiger partial charge in [-0.05, 0) is 44.7 Å². The van der Waals surface area contributed by atoms with E-state index < -0.39 is 0 Å². The summed E-state index contributed by atoms with van der Waals surface area (Å²) in [6, 6.07) is 7.84. The molecule has 1 aromatic carbocycles. The first-order chi connectivity index (χ1) is 12.9. The molecule has 1 N–H and O–H groups in total. The van der Waals surface area contributed by atoms with E-state index in [0.29, 0.717) is 13.1 Å². The lowest BCUT2D eigenvalue weighted by Crippen LogP contribution is -2.42. The minimum Gasteiger partial charge on any atom is -0.349 e. The largest absolute Gasteiger partial charge is 0.349 e. The summed E-state index contributed by atoms with van der Waals surface area (Å²) in [5, 5.41) is 3.13. The number of nitrogens with one attached hydrogen (secondary N) is 1. The molecule has 1 heterocycles. The van der Waals surface area contributed by atoms with Gasteiger partial charge in [0.15, 0.2) is 0 Å². The highest BCUT2D eigenvalue weighted by Crippen LogP contribution is 2.14. The van der Waals surface area contributed by atoms with Crippen molar-refractivity contribution >= 4 is 11.9 Å². The molecule has 1 fully saturated rings. The van der Waals surface area contributed by atoms with Gasteiger partial charge in [0.1, 0.15) is 0 Å². The number of urea groups is 1. The smallest absolute Gasteiger partial charge is 0.319 e. The number of carbonyl (C=O) groups is 2. The number of unbranched alkanes of at least 4 members (excludes halogenated alkanes) is 1. The summed E-state index contributed by atoms with van der Waals surface area (Å²) < 4.78 is 0. The van der Waals surface area contributed by atoms with E-state index in [9.17, 15) is 9.59 Å². The summed E-state index contributed by atoms with van der Waals surface area (Å²) in [5.74, 6) is -0.0152. The lowest BCUT2D eigenvalue weighted by atomic mass is 10.1. The summed E-state index contributed by atoms with van der Waals surface area (Å²) in [6.45, 7) is 10.5. The van der Waals surface area contributed by atoms with Crippen molar-refractivity contribution in [2.24, 2.45) is 0 Å². The molecule has 1 saturated heterocycles. The van der Waals surface area contributed by atoms with E-state index in [2.05, 4.69) is 19.2 Å². The molecular formula is C22H37N3O2. The number of likely N-dealkylation sites (tertiary alicyclic amines) is 1. The number of hydrogen-bond donors (Lipinski definition) is 1. The van der Waals surface area contributed by atoms with Crippen molar-refractivity contribution in [1.29, 1.82) is 0 Å². The first-order valence-electron chi connectivity index (χ1n) is 10.3. The molecule has 0 aromatic heterocycles. The van der Waals surface area contributed by atoms with Gasteiger partial charge in [-0.15, -0.1) is 0 Å². The number of amides is 3. The SMILES string of the molecule is CCCC.CCN(C)C(=O)N1CCCC(NC(=O)c2ccccc2C)CC1. The van der Waals surface area contributed by atoms with E-state index >= 15 is 0 Å². The molecular weight excluding hydrogens is 338 g/mol. The van der Waals surface area contributed by atoms with Crippen LogP contribution in [0.1, 0.15) is 68.8 Å². The van der Waals surface area contributed by atoms with Gasteiger partial charge in [-0.2, -0.15) is 0 Å². The first-order valence-corrected chi connectivity index (χ1v) is 10.3. The van der Waals surface area contributed by atoms with Crippen LogP contribution in [0.15, 0.2) is 24.3 Å². The molecule has 0 bridgehead atoms. The summed E-state index contributed by atoms with van der Waals surface area (Å²) >= 11 is 0. The molecule has 1 unspecified atom stereocenters. The number of rotatable bonds is 4. The third kappa shape index (κ3) is 7.61. The van der Waals surface area contributed by atoms with Crippen LogP contribution in [0.4, 0.5) is 4.79 Å². The minimum absolute atomic E-state index is 0.0152. The van der Waals surface area contributed by atoms with Crippen molar-refractivity contribution < 1.29 is 9.59 Å². The number of carbonyl (C=O) groups excluding carboxylic acids is 2. The van der Waals surface area contributed by atoms with Crippen molar-refractivity contribution in [3.05, 3.63) is 35.4 Å². The van der Waals surface area contributed by atoms with Crippen LogP contribution >= 0.6 is 0 Å². The zero-order chi connectivity index (χ0) is 20.2. The quantitative estimate of drug-likeness (QED) is 0.845. The summed E-state index contributed by atoms with van der Waals surface area (Å²) in [6.07, 6.45) is 5.28. The summed E-state index contributed by atoms with van der Waals surface area (Å²) in [7, 11) is 1.82. The minimum atomic E-state index is -0.0152. The van der Waals surface area contributed by atoms with Gasteiger partial charge in [0.2, 0.25) is 0 Å². The third-order valence-corrected chi connectivity index (χ3v) is 5.02. The van der Waals surface area contributed by atoms with Crippen LogP contribution in [0.5, 0.6) is 0 Å². The number of benzene rings is 1. The Hall–Kier alpha value is -2.04. The predicted molar refractivity (Wildman–Crippen MR) is 112 cm³/mol. The molecule has 5 heteroatoms. The molecule has 1 atom stereocenters. The van der Waals surface area contributed by atoms with Crippen LogP contribution < -0.4 is 5.32 Å². The maximum absolute atomic E-state index is 12.4. The first kappa shape index (κ1) is 23.0. The molecule has 2 rings (SSSR count). The van der Waals surface area contributed by atoms with E-state index in [4.69, 9.17) is 0 Å². The Morgan fingerprint density at radius 2 is 1.78 bits per heavy atom. The van der Waals surface area contributed by atoms with E-state index in [-0.39, 0.29) is 18.0 Å². The fourth-order valence-corrected chi connectivity index (χ4v) is 2.90. The lowest BCUT2D eigenvalue weighted by Gasteiger charge is -2.26. The Morgan fingerprint density at radius 3 is 2.37 bits per heavy atom. The second kappa shape index (κ2) is 12.4. The van der Waals surface area contributed by atoms with Crippen molar-refractivity contribution in [1.82, 2.24) is 15.1 Å². The number of nitrogens with zero attached hydrogens (tertiary/aromatic N) is 2. The van der Waals surface area contributed by atoms with Crippen LogP contribution in [0.25, 0.3) is 0 Å². The van der Waals surface area contributed by atoms with Gasteiger partial charge in [-0.25, -0.2) is 4.79 Å². The Labute approximate surface area is 165 Å². The molecule has 152 valence electrons. The Morgan fingerprint density at radius 1 is 1.11 bits per heavy atom. The Balaban J connectivity index is 0.000000828. The molecule has 0 saturated carbocycles. The Bertz CT molecular complexity index is 587. The highest BCUT2D eigenvalue weighted by atomic mass is 16.2. The second-order valence-corrected chi connectivity index (χ2v) is 7.20. The molecule has 1 aromatic rings. The van der Waals surface area contributed by atoms with Crippen LogP contribution in [0.2, 0.25) is 0 Å². The van der Waals surface area contributed by atoms with Gasteiger partial charge in [0.05, 0.1) is 0 Å². The highest BCUT2D eigenvalue weighted by Gasteiger charge is 2.23. The van der Waals surface area contributed by atoms with E-state index in [0.717, 1.165) is 36.9 Å². The van der Waals surface area contributed by atoms with Crippen molar-refractivity contribution in [2.45, 2.75) is 65.8 Å². The van der Waals surface area contributed by atoms with Crippen molar-refractivity contribution in [3.63, 3.8) is 0 Å². The molecule has 1 aliphatic heterocycles. The third-order valence-electron chi connectivity index (χ3n) is 5.02. The average molecular weight is 376 g/mol. The van der Waals surface area contributed by atoms with Crippen LogP contribution in [-0.2, 0) is 0 Å². The van der Waals surface area contributed by atoms with Gasteiger partial charge in [-0.1, -0.05) is 44.9 Å². The van der Waals surface area contributed by atoms with Crippen LogP contribution in [0.3, 0.4) is 0 Å². The average Bonchev–Trinajstić information content (AvgIpc) is 2.92. The molecule has 5 nitrogen and oxygen atoms in total. The fourth-order valence-electron chi connectivity index (χ4n) is 2.90. The van der Waals surface area contributed by atoms with Gasteiger partial charge in [0, 0.05) is 38.3 Å². The summed E-state index contributed by atoms with van der Waals surface area (Å²) in [5.41, 5.74) is 1.72. The number of aryl methyl sites for hydroxylation is 1. The maximum Gasteiger partial charge on any atom is 0.319 e. The van der Waals surface area contributed by atoms with E-state index in [1.165, 1.54) is 12.8 Å². The monoisotopic (exact) mass is 375 g/mol. The van der Waals surface area contributed by atoms with Crippen LogP contribution in [0, 0.1) is 6.92 Å². The van der Waals surface area contributed by atoms with Gasteiger partial charge in [-0.3, -0.25) is 4.79 Å². The maximum atomic E-state index is 12.4. The lowest BCUT2D eigenvalue weighted by molar-refractivity contribution is 0.0933. The highest BCUT2D eigenvalue weighted by molar-refractivity contribution is 5.95. The zero-order valence-corrected chi connectivity index (χ0v) is 17.8. The number of hydrogen-bond acceptors (Lipinski definition) is 2. The van der Waals surface area contributed by atoms with Crippen LogP contribution in [-0.4, -0.2) is 54.5 Å². The van der Waals surface area contributed by atoms with Crippen molar-refractivity contribution in [3.8, 4) is 0 Å². The van der Waals surface area contributed by atoms with Crippen molar-refractivity contribution in [2.75, 3.05) is 26.7 Å². The Kier molecular flexibility index (Phi) is 10.5. The van der Waals surface area contributed by atoms with Gasteiger partial charge >= 0.3 is 6.03 Å². The normalized spacial score (nSPS) is 16.6. The van der Waals surface area contributed by atoms with E-state index in [1.807, 2.05) is 50.1 Å². The topological polar surface area (TPSA) is 52.7 Å². The standard InChI is InChI=1S/C18H27N3O2.C4H10/c1-4-20(3)18(23)21-12-7-9-15(11-13-21)19-17(22)16-10-6-5-8-14(16)2;1-3-4-2/h5-6,8,10,15H,4,7,9,11-13H2,1-3H3,(H,19,22);3-4H2,1-2H3. The van der Waals surface area contributed by atoms with Gasteiger partial charge in [0.25, 0.3) is 5.91 Å². The molecule has 0 radical (unpaired) electrons. The molecule has 0 spiro atoms. The molecule has 1 aliphatic rings. The summed E-state index contributed by atoms with van der Waals surface area (Å²) in [4.78, 5) is 28.3. The molecule has 27 heavy (non-hydrogen) atoms. The molecule has 3 amide bonds. The second-order valence-electron chi connectivity index (χ2n) is 7.20.